The van der Waals surface area contributed by atoms with Crippen LogP contribution in [-0.2, 0) is 0 Å². The van der Waals surface area contributed by atoms with Crippen molar-refractivity contribution in [1.82, 2.24) is 0 Å². The SMILES string of the molecule is CCC1CCCCCCCCCCCCC(N=O)(C(C)(C)C)CCCCC[C@@H]1C. The molecule has 1 saturated carbocycles. The number of rotatable bonds is 2. The molecule has 1 aliphatic carbocycles. The van der Waals surface area contributed by atoms with Crippen molar-refractivity contribution < 1.29 is 0 Å². The smallest absolute Gasteiger partial charge is 0.107 e. The molecule has 0 aromatic heterocycles. The Kier molecular flexibility index (Phi) is 13.4. The largest absolute Gasteiger partial charge is 0.150 e. The lowest BCUT2D eigenvalue weighted by molar-refractivity contribution is 0.152. The van der Waals surface area contributed by atoms with E-state index < -0.39 is 0 Å². The first-order chi connectivity index (χ1) is 13.9. The van der Waals surface area contributed by atoms with Crippen LogP contribution in [0.15, 0.2) is 5.18 Å². The minimum absolute atomic E-state index is 0.0354. The summed E-state index contributed by atoms with van der Waals surface area (Å²) in [6.07, 6.45) is 23.5. The van der Waals surface area contributed by atoms with Gasteiger partial charge in [0.05, 0.1) is 0 Å². The second-order valence-electron chi connectivity index (χ2n) is 11.2. The first-order valence-corrected chi connectivity index (χ1v) is 13.2. The highest BCUT2D eigenvalue weighted by molar-refractivity contribution is 4.97. The molecule has 0 aromatic carbocycles. The van der Waals surface area contributed by atoms with E-state index in [9.17, 15) is 4.91 Å². The molecule has 1 aliphatic rings. The van der Waals surface area contributed by atoms with Crippen LogP contribution in [0, 0.1) is 22.2 Å². The fourth-order valence-electron chi connectivity index (χ4n) is 5.53. The quantitative estimate of drug-likeness (QED) is 0.419. The van der Waals surface area contributed by atoms with Crippen molar-refractivity contribution in [3.05, 3.63) is 4.91 Å². The van der Waals surface area contributed by atoms with Gasteiger partial charge in [0, 0.05) is 0 Å². The third kappa shape index (κ3) is 9.97. The van der Waals surface area contributed by atoms with Gasteiger partial charge in [-0.3, -0.25) is 0 Å². The normalized spacial score (nSPS) is 31.1. The Labute approximate surface area is 183 Å². The van der Waals surface area contributed by atoms with Gasteiger partial charge in [0.1, 0.15) is 5.54 Å². The Morgan fingerprint density at radius 1 is 0.724 bits per heavy atom. The van der Waals surface area contributed by atoms with E-state index in [1.54, 1.807) is 0 Å². The van der Waals surface area contributed by atoms with Crippen LogP contribution in [0.1, 0.15) is 150 Å². The molecule has 2 unspecified atom stereocenters. The summed E-state index contributed by atoms with van der Waals surface area (Å²) in [7, 11) is 0. The van der Waals surface area contributed by atoms with Crippen molar-refractivity contribution in [2.75, 3.05) is 0 Å². The van der Waals surface area contributed by atoms with E-state index in [1.165, 1.54) is 89.9 Å². The van der Waals surface area contributed by atoms with Crippen LogP contribution < -0.4 is 0 Å². The summed E-state index contributed by atoms with van der Waals surface area (Å²) in [6.45, 7) is 11.5. The van der Waals surface area contributed by atoms with E-state index in [0.717, 1.165) is 37.5 Å². The van der Waals surface area contributed by atoms with Gasteiger partial charge in [0.25, 0.3) is 0 Å². The van der Waals surface area contributed by atoms with Gasteiger partial charge in [-0.2, -0.15) is 4.91 Å². The Morgan fingerprint density at radius 2 is 1.14 bits per heavy atom. The summed E-state index contributed by atoms with van der Waals surface area (Å²) in [6, 6.07) is 0. The molecule has 0 aromatic rings. The predicted molar refractivity (Wildman–Crippen MR) is 129 cm³/mol. The summed E-state index contributed by atoms with van der Waals surface area (Å²) < 4.78 is 0. The van der Waals surface area contributed by atoms with Gasteiger partial charge >= 0.3 is 0 Å². The van der Waals surface area contributed by atoms with E-state index in [1.807, 2.05) is 0 Å². The summed E-state index contributed by atoms with van der Waals surface area (Å²) >= 11 is 0. The summed E-state index contributed by atoms with van der Waals surface area (Å²) in [5.74, 6) is 1.76. The van der Waals surface area contributed by atoms with Crippen molar-refractivity contribution in [1.29, 1.82) is 0 Å². The molecule has 0 heterocycles. The van der Waals surface area contributed by atoms with Gasteiger partial charge in [-0.1, -0.05) is 143 Å². The summed E-state index contributed by atoms with van der Waals surface area (Å²) in [5.41, 5.74) is -0.405. The lowest BCUT2D eigenvalue weighted by Crippen LogP contribution is -2.40. The second-order valence-corrected chi connectivity index (χ2v) is 11.2. The highest BCUT2D eigenvalue weighted by Gasteiger charge is 2.42. The topological polar surface area (TPSA) is 29.4 Å². The average molecular weight is 408 g/mol. The van der Waals surface area contributed by atoms with Crippen LogP contribution in [0.25, 0.3) is 0 Å². The minimum atomic E-state index is -0.370. The minimum Gasteiger partial charge on any atom is -0.150 e. The molecule has 0 N–H and O–H groups in total. The number of hydrogen-bond donors (Lipinski definition) is 0. The average Bonchev–Trinajstić information content (AvgIpc) is 2.68. The second kappa shape index (κ2) is 14.6. The Morgan fingerprint density at radius 3 is 1.59 bits per heavy atom. The molecule has 0 radical (unpaired) electrons. The summed E-state index contributed by atoms with van der Waals surface area (Å²) in [4.78, 5) is 12.0. The van der Waals surface area contributed by atoms with E-state index in [4.69, 9.17) is 0 Å². The molecule has 0 aliphatic heterocycles. The van der Waals surface area contributed by atoms with Crippen molar-refractivity contribution in [3.63, 3.8) is 0 Å². The first kappa shape index (κ1) is 26.6. The van der Waals surface area contributed by atoms with Crippen LogP contribution in [0.4, 0.5) is 0 Å². The van der Waals surface area contributed by atoms with E-state index in [-0.39, 0.29) is 11.0 Å². The predicted octanol–water partition coefficient (Wildman–Crippen LogP) is 9.85. The van der Waals surface area contributed by atoms with Crippen molar-refractivity contribution in [3.8, 4) is 0 Å². The molecular weight excluding hydrogens is 354 g/mol. The van der Waals surface area contributed by atoms with Crippen molar-refractivity contribution in [2.24, 2.45) is 22.4 Å². The molecule has 0 amide bonds. The molecule has 1 fully saturated rings. The van der Waals surface area contributed by atoms with E-state index in [2.05, 4.69) is 39.8 Å². The zero-order valence-corrected chi connectivity index (χ0v) is 20.7. The lowest BCUT2D eigenvalue weighted by atomic mass is 9.68. The molecule has 0 spiro atoms. The highest BCUT2D eigenvalue weighted by atomic mass is 16.3. The third-order valence-corrected chi connectivity index (χ3v) is 8.07. The molecule has 3 atom stereocenters. The molecule has 1 rings (SSSR count). The van der Waals surface area contributed by atoms with Gasteiger partial charge in [0.15, 0.2) is 0 Å². The fraction of sp³-hybridized carbons (Fsp3) is 1.00. The number of nitroso groups, excluding NO2 is 1. The van der Waals surface area contributed by atoms with Gasteiger partial charge in [-0.25, -0.2) is 0 Å². The van der Waals surface area contributed by atoms with Crippen molar-refractivity contribution >= 4 is 0 Å². The Balaban J connectivity index is 2.64. The zero-order valence-electron chi connectivity index (χ0n) is 20.7. The maximum absolute atomic E-state index is 12.0. The van der Waals surface area contributed by atoms with Crippen molar-refractivity contribution in [2.45, 2.75) is 156 Å². The first-order valence-electron chi connectivity index (χ1n) is 13.2. The highest BCUT2D eigenvalue weighted by Crippen LogP contribution is 2.42. The lowest BCUT2D eigenvalue weighted by Gasteiger charge is -2.39. The molecule has 29 heavy (non-hydrogen) atoms. The van der Waals surface area contributed by atoms with Crippen LogP contribution in [0.5, 0.6) is 0 Å². The molecule has 172 valence electrons. The molecular formula is C27H53NO. The Bertz CT molecular complexity index is 413. The third-order valence-electron chi connectivity index (χ3n) is 8.07. The standard InChI is InChI=1S/C27H53NO/c1-6-25-21-17-13-11-9-7-8-10-12-14-18-22-27(28-29,26(3,4)5)23-19-15-16-20-24(25)2/h24-25H,6-23H2,1-5H3/t24-,25?,27?/m0/s1. The van der Waals surface area contributed by atoms with Gasteiger partial charge < -0.3 is 0 Å². The van der Waals surface area contributed by atoms with E-state index >= 15 is 0 Å². The molecule has 2 heteroatoms. The molecule has 2 nitrogen and oxygen atoms in total. The van der Waals surface area contributed by atoms with Gasteiger partial charge in [0.2, 0.25) is 0 Å². The number of hydrogen-bond acceptors (Lipinski definition) is 2. The maximum Gasteiger partial charge on any atom is 0.107 e. The van der Waals surface area contributed by atoms with Gasteiger partial charge in [-0.05, 0) is 30.1 Å². The summed E-state index contributed by atoms with van der Waals surface area (Å²) in [5, 5.41) is 3.79. The number of nitrogens with zero attached hydrogens (tertiary/aromatic N) is 1. The Hall–Kier alpha value is -0.400. The maximum atomic E-state index is 12.0. The van der Waals surface area contributed by atoms with E-state index in [0.29, 0.717) is 0 Å². The fourth-order valence-corrected chi connectivity index (χ4v) is 5.53. The van der Waals surface area contributed by atoms with Crippen LogP contribution in [0.3, 0.4) is 0 Å². The van der Waals surface area contributed by atoms with Crippen LogP contribution in [-0.4, -0.2) is 5.54 Å². The molecule has 0 bridgehead atoms. The van der Waals surface area contributed by atoms with Crippen LogP contribution in [0.2, 0.25) is 0 Å². The monoisotopic (exact) mass is 407 g/mol. The molecule has 0 saturated heterocycles. The van der Waals surface area contributed by atoms with Crippen LogP contribution >= 0.6 is 0 Å². The zero-order chi connectivity index (χ0) is 21.6. The van der Waals surface area contributed by atoms with Gasteiger partial charge in [-0.15, -0.1) is 0 Å².